The number of benzene rings is 2. The van der Waals surface area contributed by atoms with E-state index in [1.807, 2.05) is 6.92 Å². The number of hydrogen-bond donors (Lipinski definition) is 0. The van der Waals surface area contributed by atoms with Crippen LogP contribution in [-0.4, -0.2) is 19.2 Å². The molecule has 1 heterocycles. The normalized spacial score (nSPS) is 12.9. The van der Waals surface area contributed by atoms with Gasteiger partial charge >= 0.3 is 5.97 Å². The first-order valence-electron chi connectivity index (χ1n) is 6.51. The largest absolute Gasteiger partial charge is 0.486 e. The van der Waals surface area contributed by atoms with Crippen LogP contribution in [0.5, 0.6) is 17.2 Å². The Hall–Kier alpha value is -2.20. The molecule has 2 aromatic rings. The van der Waals surface area contributed by atoms with Gasteiger partial charge in [0.1, 0.15) is 19.0 Å². The van der Waals surface area contributed by atoms with Crippen molar-refractivity contribution in [2.45, 2.75) is 6.92 Å². The van der Waals surface area contributed by atoms with E-state index >= 15 is 0 Å². The lowest BCUT2D eigenvalue weighted by molar-refractivity contribution is 0.0732. The number of ether oxygens (including phenoxy) is 3. The maximum Gasteiger partial charge on any atom is 0.343 e. The quantitative estimate of drug-likeness (QED) is 0.627. The fourth-order valence-corrected chi connectivity index (χ4v) is 2.28. The molecule has 0 amide bonds. The standard InChI is InChI=1S/C16H13ClO4/c1-10-8-12(17)3-5-13(10)21-16(18)11-2-4-14-15(9-11)20-7-6-19-14/h2-5,8-9H,6-7H2,1H3. The van der Waals surface area contributed by atoms with Gasteiger partial charge in [-0.1, -0.05) is 11.6 Å². The summed E-state index contributed by atoms with van der Waals surface area (Å²) in [5, 5.41) is 0.603. The van der Waals surface area contributed by atoms with Crippen molar-refractivity contribution in [2.75, 3.05) is 13.2 Å². The predicted molar refractivity (Wildman–Crippen MR) is 78.6 cm³/mol. The minimum atomic E-state index is -0.447. The van der Waals surface area contributed by atoms with E-state index in [1.54, 1.807) is 36.4 Å². The van der Waals surface area contributed by atoms with Gasteiger partial charge in [-0.25, -0.2) is 4.79 Å². The lowest BCUT2D eigenvalue weighted by Crippen LogP contribution is -2.16. The third-order valence-corrected chi connectivity index (χ3v) is 3.35. The molecule has 0 aliphatic carbocycles. The molecule has 1 aliphatic rings. The number of fused-ring (bicyclic) bond motifs is 1. The van der Waals surface area contributed by atoms with E-state index in [1.165, 1.54) is 0 Å². The number of carbonyl (C=O) groups is 1. The second-order valence-electron chi connectivity index (χ2n) is 4.66. The summed E-state index contributed by atoms with van der Waals surface area (Å²) in [6, 6.07) is 10.1. The van der Waals surface area contributed by atoms with E-state index in [2.05, 4.69) is 0 Å². The van der Waals surface area contributed by atoms with E-state index in [4.69, 9.17) is 25.8 Å². The van der Waals surface area contributed by atoms with Crippen molar-refractivity contribution >= 4 is 17.6 Å². The zero-order chi connectivity index (χ0) is 14.8. The zero-order valence-electron chi connectivity index (χ0n) is 11.4. The molecule has 0 radical (unpaired) electrons. The first kappa shape index (κ1) is 13.8. The monoisotopic (exact) mass is 304 g/mol. The lowest BCUT2D eigenvalue weighted by Gasteiger charge is -2.18. The molecule has 1 aliphatic heterocycles. The van der Waals surface area contributed by atoms with Crippen LogP contribution in [0.1, 0.15) is 15.9 Å². The number of rotatable bonds is 2. The van der Waals surface area contributed by atoms with Crippen LogP contribution in [-0.2, 0) is 0 Å². The summed E-state index contributed by atoms with van der Waals surface area (Å²) >= 11 is 5.88. The van der Waals surface area contributed by atoms with Crippen molar-refractivity contribution in [3.8, 4) is 17.2 Å². The summed E-state index contributed by atoms with van der Waals surface area (Å²) in [7, 11) is 0. The van der Waals surface area contributed by atoms with Crippen LogP contribution in [0.15, 0.2) is 36.4 Å². The van der Waals surface area contributed by atoms with Crippen LogP contribution in [0, 0.1) is 6.92 Å². The average Bonchev–Trinajstić information content (AvgIpc) is 2.49. The summed E-state index contributed by atoms with van der Waals surface area (Å²) in [4.78, 5) is 12.2. The summed E-state index contributed by atoms with van der Waals surface area (Å²) in [6.45, 7) is 2.82. The Morgan fingerprint density at radius 1 is 1.10 bits per heavy atom. The molecule has 0 spiro atoms. The molecule has 0 N–H and O–H groups in total. The van der Waals surface area contributed by atoms with Gasteiger partial charge in [0.2, 0.25) is 0 Å². The van der Waals surface area contributed by atoms with Gasteiger partial charge in [0.25, 0.3) is 0 Å². The van der Waals surface area contributed by atoms with Gasteiger partial charge in [0.05, 0.1) is 5.56 Å². The molecule has 0 saturated carbocycles. The molecule has 3 rings (SSSR count). The van der Waals surface area contributed by atoms with Crippen LogP contribution in [0.4, 0.5) is 0 Å². The Morgan fingerprint density at radius 2 is 1.86 bits per heavy atom. The van der Waals surface area contributed by atoms with E-state index in [0.29, 0.717) is 41.0 Å². The van der Waals surface area contributed by atoms with Gasteiger partial charge in [-0.3, -0.25) is 0 Å². The van der Waals surface area contributed by atoms with Crippen molar-refractivity contribution in [3.63, 3.8) is 0 Å². The van der Waals surface area contributed by atoms with Crippen LogP contribution < -0.4 is 14.2 Å². The Bertz CT molecular complexity index is 697. The highest BCUT2D eigenvalue weighted by molar-refractivity contribution is 6.30. The second kappa shape index (κ2) is 5.66. The summed E-state index contributed by atoms with van der Waals surface area (Å²) in [5.41, 5.74) is 1.21. The van der Waals surface area contributed by atoms with E-state index in [-0.39, 0.29) is 0 Å². The van der Waals surface area contributed by atoms with Crippen LogP contribution >= 0.6 is 11.6 Å². The Kier molecular flexibility index (Phi) is 3.71. The fraction of sp³-hybridized carbons (Fsp3) is 0.188. The molecule has 4 nitrogen and oxygen atoms in total. The van der Waals surface area contributed by atoms with Crippen LogP contribution in [0.3, 0.4) is 0 Å². The van der Waals surface area contributed by atoms with E-state index in [9.17, 15) is 4.79 Å². The second-order valence-corrected chi connectivity index (χ2v) is 5.09. The SMILES string of the molecule is Cc1cc(Cl)ccc1OC(=O)c1ccc2c(c1)OCCO2. The molecule has 0 fully saturated rings. The van der Waals surface area contributed by atoms with E-state index in [0.717, 1.165) is 5.56 Å². The fourth-order valence-electron chi connectivity index (χ4n) is 2.06. The maximum absolute atomic E-state index is 12.2. The van der Waals surface area contributed by atoms with Gasteiger partial charge in [0, 0.05) is 5.02 Å². The molecule has 108 valence electrons. The Labute approximate surface area is 127 Å². The third kappa shape index (κ3) is 2.95. The smallest absolute Gasteiger partial charge is 0.343 e. The topological polar surface area (TPSA) is 44.8 Å². The molecule has 0 bridgehead atoms. The van der Waals surface area contributed by atoms with Crippen LogP contribution in [0.2, 0.25) is 5.02 Å². The molecule has 0 atom stereocenters. The first-order valence-corrected chi connectivity index (χ1v) is 6.89. The summed E-state index contributed by atoms with van der Waals surface area (Å²) < 4.78 is 16.3. The van der Waals surface area contributed by atoms with Crippen molar-refractivity contribution in [1.29, 1.82) is 0 Å². The van der Waals surface area contributed by atoms with Crippen molar-refractivity contribution in [2.24, 2.45) is 0 Å². The number of carbonyl (C=O) groups excluding carboxylic acids is 1. The van der Waals surface area contributed by atoms with Gasteiger partial charge < -0.3 is 14.2 Å². The highest BCUT2D eigenvalue weighted by Crippen LogP contribution is 2.31. The minimum Gasteiger partial charge on any atom is -0.486 e. The Morgan fingerprint density at radius 3 is 2.62 bits per heavy atom. The molecule has 21 heavy (non-hydrogen) atoms. The first-order chi connectivity index (χ1) is 10.1. The molecular formula is C16H13ClO4. The number of aryl methyl sites for hydroxylation is 1. The minimum absolute atomic E-state index is 0.411. The Balaban J connectivity index is 1.82. The van der Waals surface area contributed by atoms with E-state index < -0.39 is 5.97 Å². The average molecular weight is 305 g/mol. The van der Waals surface area contributed by atoms with Gasteiger partial charge in [-0.05, 0) is 48.9 Å². The van der Waals surface area contributed by atoms with Gasteiger partial charge in [-0.2, -0.15) is 0 Å². The number of halogens is 1. The van der Waals surface area contributed by atoms with Crippen molar-refractivity contribution < 1.29 is 19.0 Å². The third-order valence-electron chi connectivity index (χ3n) is 3.12. The zero-order valence-corrected chi connectivity index (χ0v) is 12.1. The predicted octanol–water partition coefficient (Wildman–Crippen LogP) is 3.64. The summed E-state index contributed by atoms with van der Waals surface area (Å²) in [6.07, 6.45) is 0. The molecular weight excluding hydrogens is 292 g/mol. The van der Waals surface area contributed by atoms with Gasteiger partial charge in [-0.15, -0.1) is 0 Å². The van der Waals surface area contributed by atoms with Crippen molar-refractivity contribution in [3.05, 3.63) is 52.5 Å². The highest BCUT2D eigenvalue weighted by atomic mass is 35.5. The summed E-state index contributed by atoms with van der Waals surface area (Å²) in [5.74, 6) is 1.24. The highest BCUT2D eigenvalue weighted by Gasteiger charge is 2.16. The molecule has 0 unspecified atom stereocenters. The lowest BCUT2D eigenvalue weighted by atomic mass is 10.2. The van der Waals surface area contributed by atoms with Crippen LogP contribution in [0.25, 0.3) is 0 Å². The number of hydrogen-bond acceptors (Lipinski definition) is 4. The maximum atomic E-state index is 12.2. The van der Waals surface area contributed by atoms with Crippen molar-refractivity contribution in [1.82, 2.24) is 0 Å². The molecule has 2 aromatic carbocycles. The molecule has 0 saturated heterocycles. The molecule has 5 heteroatoms. The molecule has 0 aromatic heterocycles. The number of esters is 1. The van der Waals surface area contributed by atoms with Gasteiger partial charge in [0.15, 0.2) is 11.5 Å².